The van der Waals surface area contributed by atoms with E-state index in [-0.39, 0.29) is 0 Å². The zero-order valence-electron chi connectivity index (χ0n) is 12.7. The summed E-state index contributed by atoms with van der Waals surface area (Å²) in [5, 5.41) is 8.03. The summed E-state index contributed by atoms with van der Waals surface area (Å²) in [5.74, 6) is 0.483. The molecule has 20 heavy (non-hydrogen) atoms. The van der Waals surface area contributed by atoms with Crippen LogP contribution in [0.3, 0.4) is 0 Å². The van der Waals surface area contributed by atoms with Crippen molar-refractivity contribution in [1.82, 2.24) is 15.1 Å². The van der Waals surface area contributed by atoms with Crippen molar-refractivity contribution in [2.75, 3.05) is 6.54 Å². The number of para-hydroxylation sites is 1. The standard InChI is InChI=1S/C17H25N3/c1-4-11-18-15(3)13-14(2)17-10-12-19-20(17)16-8-6-5-7-9-16/h5-10,12,14-15,18H,4,11,13H2,1-3H3. The summed E-state index contributed by atoms with van der Waals surface area (Å²) < 4.78 is 2.05. The van der Waals surface area contributed by atoms with E-state index in [1.807, 2.05) is 12.3 Å². The molecule has 1 heterocycles. The summed E-state index contributed by atoms with van der Waals surface area (Å²) in [6.45, 7) is 7.83. The molecule has 0 aliphatic rings. The average molecular weight is 271 g/mol. The summed E-state index contributed by atoms with van der Waals surface area (Å²) in [6.07, 6.45) is 4.20. The van der Waals surface area contributed by atoms with Gasteiger partial charge in [-0.05, 0) is 50.4 Å². The van der Waals surface area contributed by atoms with Gasteiger partial charge in [0.2, 0.25) is 0 Å². The van der Waals surface area contributed by atoms with Crippen LogP contribution in [0.15, 0.2) is 42.6 Å². The smallest absolute Gasteiger partial charge is 0.0648 e. The van der Waals surface area contributed by atoms with Gasteiger partial charge in [0, 0.05) is 17.9 Å². The fourth-order valence-electron chi connectivity index (χ4n) is 2.60. The van der Waals surface area contributed by atoms with Crippen LogP contribution in [-0.4, -0.2) is 22.4 Å². The third-order valence-electron chi connectivity index (χ3n) is 3.63. The molecule has 2 atom stereocenters. The van der Waals surface area contributed by atoms with Crippen molar-refractivity contribution in [2.45, 2.75) is 45.6 Å². The summed E-state index contributed by atoms with van der Waals surface area (Å²) in [6, 6.07) is 13.0. The van der Waals surface area contributed by atoms with Gasteiger partial charge < -0.3 is 5.32 Å². The van der Waals surface area contributed by atoms with E-state index in [0.29, 0.717) is 12.0 Å². The topological polar surface area (TPSA) is 29.9 Å². The minimum atomic E-state index is 0.483. The van der Waals surface area contributed by atoms with E-state index in [2.05, 4.69) is 66.2 Å². The van der Waals surface area contributed by atoms with Crippen molar-refractivity contribution in [3.63, 3.8) is 0 Å². The predicted octanol–water partition coefficient (Wildman–Crippen LogP) is 3.75. The average Bonchev–Trinajstić information content (AvgIpc) is 2.95. The molecule has 0 radical (unpaired) electrons. The maximum Gasteiger partial charge on any atom is 0.0648 e. The molecule has 2 aromatic rings. The highest BCUT2D eigenvalue weighted by Crippen LogP contribution is 2.23. The zero-order valence-corrected chi connectivity index (χ0v) is 12.7. The van der Waals surface area contributed by atoms with Crippen molar-refractivity contribution in [1.29, 1.82) is 0 Å². The summed E-state index contributed by atoms with van der Waals surface area (Å²) in [7, 11) is 0. The first-order valence-electron chi connectivity index (χ1n) is 7.55. The predicted molar refractivity (Wildman–Crippen MR) is 84.4 cm³/mol. The minimum absolute atomic E-state index is 0.483. The quantitative estimate of drug-likeness (QED) is 0.831. The van der Waals surface area contributed by atoms with Crippen molar-refractivity contribution >= 4 is 0 Å². The van der Waals surface area contributed by atoms with Crippen LogP contribution < -0.4 is 5.32 Å². The Bertz CT molecular complexity index is 504. The molecule has 2 rings (SSSR count). The Morgan fingerprint density at radius 1 is 1.15 bits per heavy atom. The summed E-state index contributed by atoms with van der Waals surface area (Å²) in [4.78, 5) is 0. The first-order valence-corrected chi connectivity index (χ1v) is 7.55. The van der Waals surface area contributed by atoms with Gasteiger partial charge in [0.05, 0.1) is 5.69 Å². The van der Waals surface area contributed by atoms with E-state index < -0.39 is 0 Å². The number of rotatable bonds is 7. The fraction of sp³-hybridized carbons (Fsp3) is 0.471. The molecule has 0 bridgehead atoms. The molecule has 108 valence electrons. The highest BCUT2D eigenvalue weighted by molar-refractivity contribution is 5.33. The Labute approximate surface area is 122 Å². The van der Waals surface area contributed by atoms with Gasteiger partial charge in [0.15, 0.2) is 0 Å². The number of benzene rings is 1. The Morgan fingerprint density at radius 2 is 1.90 bits per heavy atom. The molecular formula is C17H25N3. The molecule has 0 aliphatic heterocycles. The fourth-order valence-corrected chi connectivity index (χ4v) is 2.60. The first-order chi connectivity index (χ1) is 9.72. The maximum absolute atomic E-state index is 4.47. The van der Waals surface area contributed by atoms with Crippen LogP contribution in [-0.2, 0) is 0 Å². The highest BCUT2D eigenvalue weighted by atomic mass is 15.3. The van der Waals surface area contributed by atoms with Gasteiger partial charge in [-0.1, -0.05) is 32.0 Å². The number of aromatic nitrogens is 2. The Morgan fingerprint density at radius 3 is 2.60 bits per heavy atom. The second-order valence-electron chi connectivity index (χ2n) is 5.50. The Kier molecular flexibility index (Phi) is 5.36. The van der Waals surface area contributed by atoms with E-state index in [0.717, 1.165) is 18.7 Å². The Balaban J connectivity index is 2.08. The van der Waals surface area contributed by atoms with Crippen molar-refractivity contribution in [2.24, 2.45) is 0 Å². The van der Waals surface area contributed by atoms with Crippen LogP contribution in [0.2, 0.25) is 0 Å². The molecule has 0 amide bonds. The second-order valence-corrected chi connectivity index (χ2v) is 5.50. The van der Waals surface area contributed by atoms with Gasteiger partial charge in [-0.15, -0.1) is 0 Å². The van der Waals surface area contributed by atoms with Crippen molar-refractivity contribution < 1.29 is 0 Å². The molecule has 0 saturated heterocycles. The van der Waals surface area contributed by atoms with Crippen LogP contribution >= 0.6 is 0 Å². The van der Waals surface area contributed by atoms with Crippen LogP contribution in [0.1, 0.15) is 45.2 Å². The van der Waals surface area contributed by atoms with Crippen LogP contribution in [0, 0.1) is 0 Å². The van der Waals surface area contributed by atoms with Gasteiger partial charge in [-0.2, -0.15) is 5.10 Å². The third-order valence-corrected chi connectivity index (χ3v) is 3.63. The lowest BCUT2D eigenvalue weighted by molar-refractivity contribution is 0.470. The lowest BCUT2D eigenvalue weighted by atomic mass is 9.99. The highest BCUT2D eigenvalue weighted by Gasteiger charge is 2.15. The summed E-state index contributed by atoms with van der Waals surface area (Å²) >= 11 is 0. The van der Waals surface area contributed by atoms with E-state index in [9.17, 15) is 0 Å². The first kappa shape index (κ1) is 14.8. The SMILES string of the molecule is CCCNC(C)CC(C)c1ccnn1-c1ccccc1. The molecule has 0 spiro atoms. The molecule has 1 aromatic heterocycles. The van der Waals surface area contributed by atoms with E-state index in [1.54, 1.807) is 0 Å². The van der Waals surface area contributed by atoms with Gasteiger partial charge in [-0.25, -0.2) is 4.68 Å². The van der Waals surface area contributed by atoms with Crippen molar-refractivity contribution in [3.8, 4) is 5.69 Å². The van der Waals surface area contributed by atoms with Gasteiger partial charge in [0.1, 0.15) is 0 Å². The van der Waals surface area contributed by atoms with Crippen molar-refractivity contribution in [3.05, 3.63) is 48.3 Å². The van der Waals surface area contributed by atoms with Crippen LogP contribution in [0.25, 0.3) is 5.69 Å². The Hall–Kier alpha value is -1.61. The van der Waals surface area contributed by atoms with Gasteiger partial charge >= 0.3 is 0 Å². The van der Waals surface area contributed by atoms with Crippen LogP contribution in [0.4, 0.5) is 0 Å². The number of hydrogen-bond acceptors (Lipinski definition) is 2. The normalized spacial score (nSPS) is 14.2. The van der Waals surface area contributed by atoms with E-state index in [1.165, 1.54) is 12.1 Å². The molecule has 2 unspecified atom stereocenters. The molecule has 3 heteroatoms. The lowest BCUT2D eigenvalue weighted by Crippen LogP contribution is -2.28. The van der Waals surface area contributed by atoms with Gasteiger partial charge in [-0.3, -0.25) is 0 Å². The molecule has 0 saturated carbocycles. The van der Waals surface area contributed by atoms with E-state index >= 15 is 0 Å². The van der Waals surface area contributed by atoms with Crippen LogP contribution in [0.5, 0.6) is 0 Å². The number of nitrogens with one attached hydrogen (secondary N) is 1. The number of nitrogens with zero attached hydrogens (tertiary/aromatic N) is 2. The molecular weight excluding hydrogens is 246 g/mol. The lowest BCUT2D eigenvalue weighted by Gasteiger charge is -2.19. The zero-order chi connectivity index (χ0) is 14.4. The third kappa shape index (κ3) is 3.70. The second kappa shape index (κ2) is 7.25. The maximum atomic E-state index is 4.47. The molecule has 1 aromatic carbocycles. The largest absolute Gasteiger partial charge is 0.314 e. The minimum Gasteiger partial charge on any atom is -0.314 e. The number of hydrogen-bond donors (Lipinski definition) is 1. The van der Waals surface area contributed by atoms with E-state index in [4.69, 9.17) is 0 Å². The van der Waals surface area contributed by atoms with Gasteiger partial charge in [0.25, 0.3) is 0 Å². The summed E-state index contributed by atoms with van der Waals surface area (Å²) in [5.41, 5.74) is 2.41. The molecule has 3 nitrogen and oxygen atoms in total. The molecule has 1 N–H and O–H groups in total. The molecule has 0 fully saturated rings. The molecule has 0 aliphatic carbocycles. The monoisotopic (exact) mass is 271 g/mol.